The number of fused-ring (bicyclic) bond motifs is 4. The summed E-state index contributed by atoms with van der Waals surface area (Å²) in [5.41, 5.74) is 3.32. The molecule has 2 fully saturated rings. The number of para-hydroxylation sites is 2. The lowest BCUT2D eigenvalue weighted by atomic mass is 9.78. The highest BCUT2D eigenvalue weighted by Gasteiger charge is 2.55. The molecule has 3 aliphatic rings. The molecule has 26 heavy (non-hydrogen) atoms. The molecule has 2 unspecified atom stereocenters. The van der Waals surface area contributed by atoms with Crippen LogP contribution >= 0.6 is 0 Å². The quantitative estimate of drug-likeness (QED) is 0.801. The van der Waals surface area contributed by atoms with Gasteiger partial charge >= 0.3 is 0 Å². The van der Waals surface area contributed by atoms with Crippen LogP contribution in [0.4, 0.5) is 26.0 Å². The third-order valence-electron chi connectivity index (χ3n) is 6.42. The summed E-state index contributed by atoms with van der Waals surface area (Å²) in [7, 11) is 0. The number of benzene rings is 1. The van der Waals surface area contributed by atoms with Gasteiger partial charge in [-0.25, -0.2) is 13.8 Å². The Kier molecular flexibility index (Phi) is 3.66. The van der Waals surface area contributed by atoms with Crippen LogP contribution in [0.2, 0.25) is 0 Å². The second-order valence-corrected chi connectivity index (χ2v) is 8.02. The number of alkyl halides is 2. The summed E-state index contributed by atoms with van der Waals surface area (Å²) in [5, 5.41) is 3.44. The third kappa shape index (κ3) is 2.56. The molecule has 2 aliphatic carbocycles. The first-order valence-electron chi connectivity index (χ1n) is 9.54. The predicted octanol–water partition coefficient (Wildman–Crippen LogP) is 5.22. The van der Waals surface area contributed by atoms with Crippen LogP contribution in [0, 0.1) is 17.8 Å². The van der Waals surface area contributed by atoms with E-state index in [1.54, 1.807) is 6.20 Å². The fraction of sp³-hybridized carbons (Fsp3) is 0.476. The van der Waals surface area contributed by atoms with Crippen LogP contribution in [-0.4, -0.2) is 17.5 Å². The van der Waals surface area contributed by atoms with Crippen LogP contribution in [0.25, 0.3) is 0 Å². The molecule has 2 aromatic rings. The minimum Gasteiger partial charge on any atom is -0.365 e. The standard InChI is InChI=1S/C21H23F2N3/c22-21(23)16-7-8-17(21)11-14(10-16)12-26-13-15-4-3-9-24-20(15)25-18-5-1-2-6-19(18)26/h1-6,9,14,16-17H,7-8,10-13H2,(H,24,25). The van der Waals surface area contributed by atoms with Gasteiger partial charge in [-0.3, -0.25) is 0 Å². The molecule has 0 radical (unpaired) electrons. The predicted molar refractivity (Wildman–Crippen MR) is 98.9 cm³/mol. The minimum atomic E-state index is -2.44. The van der Waals surface area contributed by atoms with Crippen molar-refractivity contribution < 1.29 is 8.78 Å². The Bertz CT molecular complexity index is 806. The molecule has 0 amide bonds. The topological polar surface area (TPSA) is 28.2 Å². The van der Waals surface area contributed by atoms with E-state index in [-0.39, 0.29) is 0 Å². The van der Waals surface area contributed by atoms with Crippen LogP contribution in [-0.2, 0) is 6.54 Å². The average Bonchev–Trinajstić information content (AvgIpc) is 2.83. The van der Waals surface area contributed by atoms with Crippen LogP contribution in [0.15, 0.2) is 42.6 Å². The first kappa shape index (κ1) is 16.0. The second-order valence-electron chi connectivity index (χ2n) is 8.02. The molecule has 5 rings (SSSR count). The van der Waals surface area contributed by atoms with Gasteiger partial charge < -0.3 is 10.2 Å². The van der Waals surface area contributed by atoms with E-state index in [1.165, 1.54) is 0 Å². The summed E-state index contributed by atoms with van der Waals surface area (Å²) in [6.07, 6.45) is 4.48. The summed E-state index contributed by atoms with van der Waals surface area (Å²) >= 11 is 0. The molecule has 136 valence electrons. The van der Waals surface area contributed by atoms with E-state index in [0.717, 1.165) is 35.8 Å². The lowest BCUT2D eigenvalue weighted by Crippen LogP contribution is -2.41. The molecule has 1 aromatic heterocycles. The maximum Gasteiger partial charge on any atom is 0.253 e. The molecule has 2 heterocycles. The van der Waals surface area contributed by atoms with Crippen molar-refractivity contribution in [2.24, 2.45) is 17.8 Å². The zero-order chi connectivity index (χ0) is 17.7. The van der Waals surface area contributed by atoms with Crippen molar-refractivity contribution in [3.8, 4) is 0 Å². The Labute approximate surface area is 152 Å². The Balaban J connectivity index is 1.43. The van der Waals surface area contributed by atoms with E-state index >= 15 is 0 Å². The number of nitrogens with zero attached hydrogens (tertiary/aromatic N) is 2. The molecule has 0 spiro atoms. The summed E-state index contributed by atoms with van der Waals surface area (Å²) in [5.74, 6) is -2.05. The monoisotopic (exact) mass is 355 g/mol. The number of anilines is 3. The highest BCUT2D eigenvalue weighted by molar-refractivity contribution is 5.77. The maximum absolute atomic E-state index is 14.3. The Morgan fingerprint density at radius 2 is 1.85 bits per heavy atom. The van der Waals surface area contributed by atoms with E-state index in [9.17, 15) is 8.78 Å². The van der Waals surface area contributed by atoms with Gasteiger partial charge in [0.05, 0.1) is 11.4 Å². The zero-order valence-corrected chi connectivity index (χ0v) is 14.7. The summed E-state index contributed by atoms with van der Waals surface area (Å²) in [6.45, 7) is 1.59. The van der Waals surface area contributed by atoms with Gasteiger partial charge in [-0.15, -0.1) is 0 Å². The normalized spacial score (nSPS) is 28.7. The summed E-state index contributed by atoms with van der Waals surface area (Å²) in [6, 6.07) is 12.3. The molecule has 0 saturated heterocycles. The SMILES string of the molecule is FC1(F)C2CCC1CC(CN1Cc3cccnc3Nc3ccccc31)C2. The molecule has 2 bridgehead atoms. The number of aromatic nitrogens is 1. The van der Waals surface area contributed by atoms with Gasteiger partial charge in [0.2, 0.25) is 0 Å². The molecule has 1 aliphatic heterocycles. The fourth-order valence-corrected chi connectivity index (χ4v) is 5.15. The Morgan fingerprint density at radius 3 is 2.65 bits per heavy atom. The lowest BCUT2D eigenvalue weighted by Gasteiger charge is -2.38. The van der Waals surface area contributed by atoms with Gasteiger partial charge in [-0.1, -0.05) is 18.2 Å². The number of nitrogens with one attached hydrogen (secondary N) is 1. The zero-order valence-electron chi connectivity index (χ0n) is 14.7. The van der Waals surface area contributed by atoms with Crippen molar-refractivity contribution in [2.75, 3.05) is 16.8 Å². The minimum absolute atomic E-state index is 0.332. The van der Waals surface area contributed by atoms with Crippen molar-refractivity contribution in [1.29, 1.82) is 0 Å². The Hall–Kier alpha value is -2.17. The van der Waals surface area contributed by atoms with Gasteiger partial charge in [0, 0.05) is 36.7 Å². The lowest BCUT2D eigenvalue weighted by molar-refractivity contribution is -0.108. The largest absolute Gasteiger partial charge is 0.365 e. The van der Waals surface area contributed by atoms with E-state index in [2.05, 4.69) is 33.4 Å². The number of hydrogen-bond acceptors (Lipinski definition) is 3. The fourth-order valence-electron chi connectivity index (χ4n) is 5.15. The van der Waals surface area contributed by atoms with Gasteiger partial charge in [0.25, 0.3) is 5.92 Å². The molecular weight excluding hydrogens is 332 g/mol. The molecule has 2 saturated carbocycles. The number of halogens is 2. The van der Waals surface area contributed by atoms with Crippen molar-refractivity contribution in [2.45, 2.75) is 38.2 Å². The van der Waals surface area contributed by atoms with Crippen LogP contribution in [0.1, 0.15) is 31.2 Å². The van der Waals surface area contributed by atoms with Crippen molar-refractivity contribution in [3.63, 3.8) is 0 Å². The van der Waals surface area contributed by atoms with Gasteiger partial charge in [-0.05, 0) is 49.8 Å². The van der Waals surface area contributed by atoms with E-state index in [0.29, 0.717) is 31.6 Å². The molecular formula is C21H23F2N3. The van der Waals surface area contributed by atoms with Crippen molar-refractivity contribution >= 4 is 17.2 Å². The van der Waals surface area contributed by atoms with E-state index in [1.807, 2.05) is 18.2 Å². The Morgan fingerprint density at radius 1 is 1.08 bits per heavy atom. The van der Waals surface area contributed by atoms with Gasteiger partial charge in [-0.2, -0.15) is 0 Å². The van der Waals surface area contributed by atoms with Gasteiger partial charge in [0.1, 0.15) is 5.82 Å². The third-order valence-corrected chi connectivity index (χ3v) is 6.42. The molecule has 1 aromatic carbocycles. The smallest absolute Gasteiger partial charge is 0.253 e. The van der Waals surface area contributed by atoms with Crippen LogP contribution in [0.3, 0.4) is 0 Å². The average molecular weight is 355 g/mol. The highest BCUT2D eigenvalue weighted by atomic mass is 19.3. The molecule has 2 atom stereocenters. The first-order valence-corrected chi connectivity index (χ1v) is 9.54. The highest BCUT2D eigenvalue weighted by Crippen LogP contribution is 2.55. The number of hydrogen-bond donors (Lipinski definition) is 1. The summed E-state index contributed by atoms with van der Waals surface area (Å²) < 4.78 is 28.6. The number of pyridine rings is 1. The van der Waals surface area contributed by atoms with E-state index < -0.39 is 17.8 Å². The van der Waals surface area contributed by atoms with Crippen LogP contribution < -0.4 is 10.2 Å². The number of rotatable bonds is 2. The maximum atomic E-state index is 14.3. The second kappa shape index (κ2) is 5.93. The van der Waals surface area contributed by atoms with Gasteiger partial charge in [0.15, 0.2) is 0 Å². The molecule has 3 nitrogen and oxygen atoms in total. The molecule has 5 heteroatoms. The van der Waals surface area contributed by atoms with E-state index in [4.69, 9.17) is 0 Å². The van der Waals surface area contributed by atoms with Crippen LogP contribution in [0.5, 0.6) is 0 Å². The van der Waals surface area contributed by atoms with Crippen molar-refractivity contribution in [1.82, 2.24) is 4.98 Å². The summed E-state index contributed by atoms with van der Waals surface area (Å²) in [4.78, 5) is 6.83. The first-order chi connectivity index (χ1) is 12.6. The molecule has 1 N–H and O–H groups in total. The van der Waals surface area contributed by atoms with Crippen molar-refractivity contribution in [3.05, 3.63) is 48.2 Å².